The molecule has 4 rings (SSSR count). The van der Waals surface area contributed by atoms with Crippen LogP contribution >= 0.6 is 11.6 Å². The first-order valence-corrected chi connectivity index (χ1v) is 17.2. The lowest BCUT2D eigenvalue weighted by molar-refractivity contribution is -0.757. The van der Waals surface area contributed by atoms with E-state index in [0.717, 1.165) is 5.57 Å². The van der Waals surface area contributed by atoms with Crippen LogP contribution in [0.15, 0.2) is 23.8 Å². The molecule has 14 heteroatoms. The second-order valence-corrected chi connectivity index (χ2v) is 14.6. The van der Waals surface area contributed by atoms with Gasteiger partial charge in [0.05, 0.1) is 24.0 Å². The lowest BCUT2D eigenvalue weighted by Crippen LogP contribution is -2.69. The molecule has 0 aromatic heterocycles. The van der Waals surface area contributed by atoms with E-state index in [4.69, 9.17) is 21.1 Å². The van der Waals surface area contributed by atoms with Gasteiger partial charge in [0.2, 0.25) is 11.7 Å². The number of carbonyl (C=O) groups is 5. The molecule has 13 nitrogen and oxygen atoms in total. The first-order chi connectivity index (χ1) is 22.6. The van der Waals surface area contributed by atoms with E-state index >= 15 is 0 Å². The Hall–Kier alpha value is -3.32. The minimum atomic E-state index is -1.68. The van der Waals surface area contributed by atoms with Crippen LogP contribution in [0.25, 0.3) is 0 Å². The summed E-state index contributed by atoms with van der Waals surface area (Å²) in [7, 11) is 0. The number of nitrogens with one attached hydrogen (secondary N) is 1. The summed E-state index contributed by atoms with van der Waals surface area (Å²) in [6.07, 6.45) is 7.01. The number of allylic oxidation sites excluding steroid dienone is 4. The Balaban J connectivity index is 1.43. The van der Waals surface area contributed by atoms with E-state index in [1.807, 2.05) is 20.8 Å². The molecule has 3 fully saturated rings. The Morgan fingerprint density at radius 3 is 2.54 bits per heavy atom. The molecule has 8 atom stereocenters. The van der Waals surface area contributed by atoms with Crippen LogP contribution in [0.4, 0.5) is 0 Å². The molecule has 2 N–H and O–H groups in total. The van der Waals surface area contributed by atoms with Gasteiger partial charge in [-0.2, -0.15) is 0 Å². The van der Waals surface area contributed by atoms with Crippen molar-refractivity contribution in [1.82, 2.24) is 5.32 Å². The van der Waals surface area contributed by atoms with E-state index in [1.54, 1.807) is 19.1 Å². The van der Waals surface area contributed by atoms with Crippen LogP contribution in [0.3, 0.4) is 0 Å². The van der Waals surface area contributed by atoms with Gasteiger partial charge in [-0.05, 0) is 62.5 Å². The van der Waals surface area contributed by atoms with Crippen molar-refractivity contribution in [2.75, 3.05) is 19.8 Å². The summed E-state index contributed by atoms with van der Waals surface area (Å²) in [5, 5.41) is 23.8. The molecular weight excluding hydrogens is 648 g/mol. The van der Waals surface area contributed by atoms with Crippen LogP contribution in [0.2, 0.25) is 0 Å². The average molecular weight is 695 g/mol. The molecule has 0 saturated heterocycles. The monoisotopic (exact) mass is 694 g/mol. The van der Waals surface area contributed by atoms with Crippen molar-refractivity contribution >= 4 is 41.0 Å². The van der Waals surface area contributed by atoms with E-state index in [-0.39, 0.29) is 62.4 Å². The quantitative estimate of drug-likeness (QED) is 0.0830. The zero-order valence-corrected chi connectivity index (χ0v) is 28.8. The molecule has 1 unspecified atom stereocenters. The number of aliphatic hydroxyl groups is 1. The predicted molar refractivity (Wildman–Crippen MR) is 172 cm³/mol. The third kappa shape index (κ3) is 6.64. The number of Topliss-reactive ketones (excluding diaryl/α,β-unsaturated/α-hetero) is 1. The molecule has 0 aromatic rings. The number of alkyl halides is 1. The van der Waals surface area contributed by atoms with Gasteiger partial charge in [-0.1, -0.05) is 45.8 Å². The van der Waals surface area contributed by atoms with Crippen LogP contribution in [0, 0.1) is 38.7 Å². The standard InChI is InChI=1S/C34H47ClN2O11/c1-5-29(42)48-34(27(40)20-46-30(43)13-15-36-28(41)9-7-6-8-16-47-37(44)45)21(2)17-25-24-11-10-22-18-23(38)12-14-31(22,3)33(24,35)26(39)19-32(25,34)4/h12,14,18,21,24-26,39H,5-11,13,15-17,19-20H2,1-4H3,(H,36,41)/t21-,24-,25-,26-,31-,32?,33-,34+/m0/s1. The van der Waals surface area contributed by atoms with E-state index in [9.17, 15) is 39.2 Å². The second kappa shape index (κ2) is 14.7. The molecule has 4 aliphatic rings. The summed E-state index contributed by atoms with van der Waals surface area (Å²) >= 11 is 7.53. The number of fused-ring (bicyclic) bond motifs is 5. The smallest absolute Gasteiger partial charge is 0.308 e. The maximum absolute atomic E-state index is 14.2. The number of carbonyl (C=O) groups excluding carboxylic acids is 5. The fourth-order valence-electron chi connectivity index (χ4n) is 9.07. The number of halogens is 1. The number of amides is 1. The van der Waals surface area contributed by atoms with Crippen molar-refractivity contribution in [3.63, 3.8) is 0 Å². The Bertz CT molecular complexity index is 1380. The molecule has 0 heterocycles. The molecule has 4 aliphatic carbocycles. The number of hydrogen-bond donors (Lipinski definition) is 2. The fourth-order valence-corrected chi connectivity index (χ4v) is 9.59. The van der Waals surface area contributed by atoms with Gasteiger partial charge >= 0.3 is 11.9 Å². The van der Waals surface area contributed by atoms with Gasteiger partial charge in [0.25, 0.3) is 5.09 Å². The third-order valence-electron chi connectivity index (χ3n) is 11.4. The van der Waals surface area contributed by atoms with Gasteiger partial charge in [0.15, 0.2) is 18.0 Å². The first kappa shape index (κ1) is 37.5. The summed E-state index contributed by atoms with van der Waals surface area (Å²) in [5.41, 5.74) is -2.63. The van der Waals surface area contributed by atoms with Gasteiger partial charge in [-0.15, -0.1) is 21.7 Å². The Morgan fingerprint density at radius 1 is 1.12 bits per heavy atom. The highest BCUT2D eigenvalue weighted by Crippen LogP contribution is 2.72. The number of hydrogen-bond acceptors (Lipinski definition) is 11. The van der Waals surface area contributed by atoms with Crippen molar-refractivity contribution in [2.45, 2.75) is 108 Å². The molecule has 0 bridgehead atoms. The molecule has 3 saturated carbocycles. The highest BCUT2D eigenvalue weighted by atomic mass is 35.5. The molecule has 0 aromatic carbocycles. The van der Waals surface area contributed by atoms with Crippen LogP contribution in [-0.2, 0) is 38.3 Å². The minimum absolute atomic E-state index is 0.0105. The third-order valence-corrected chi connectivity index (χ3v) is 12.3. The van der Waals surface area contributed by atoms with E-state index in [2.05, 4.69) is 10.2 Å². The van der Waals surface area contributed by atoms with Crippen LogP contribution in [-0.4, -0.2) is 75.9 Å². The Kier molecular flexibility index (Phi) is 11.4. The normalized spacial score (nSPS) is 35.0. The van der Waals surface area contributed by atoms with Gasteiger partial charge in [-0.3, -0.25) is 24.0 Å². The number of aliphatic hydroxyl groups excluding tert-OH is 1. The van der Waals surface area contributed by atoms with Gasteiger partial charge in [-0.25, -0.2) is 0 Å². The summed E-state index contributed by atoms with van der Waals surface area (Å²) in [4.78, 5) is 77.4. The van der Waals surface area contributed by atoms with Crippen molar-refractivity contribution < 1.29 is 48.5 Å². The predicted octanol–water partition coefficient (Wildman–Crippen LogP) is 3.95. The molecule has 1 amide bonds. The minimum Gasteiger partial charge on any atom is -0.457 e. The van der Waals surface area contributed by atoms with Crippen molar-refractivity contribution in [1.29, 1.82) is 0 Å². The molecule has 266 valence electrons. The molecule has 48 heavy (non-hydrogen) atoms. The Morgan fingerprint density at radius 2 is 1.85 bits per heavy atom. The summed E-state index contributed by atoms with van der Waals surface area (Å²) in [6, 6.07) is 0. The van der Waals surface area contributed by atoms with Crippen molar-refractivity contribution in [2.24, 2.45) is 28.6 Å². The Labute approximate surface area is 285 Å². The van der Waals surface area contributed by atoms with Crippen LogP contribution in [0.1, 0.15) is 91.9 Å². The molecule has 0 spiro atoms. The average Bonchev–Trinajstić information content (AvgIpc) is 3.24. The highest BCUT2D eigenvalue weighted by molar-refractivity contribution is 6.26. The van der Waals surface area contributed by atoms with E-state index < -0.39 is 62.7 Å². The van der Waals surface area contributed by atoms with Crippen LogP contribution in [0.5, 0.6) is 0 Å². The van der Waals surface area contributed by atoms with Crippen molar-refractivity contribution in [3.05, 3.63) is 33.9 Å². The molecule has 0 aliphatic heterocycles. The number of ether oxygens (including phenoxy) is 2. The summed E-state index contributed by atoms with van der Waals surface area (Å²) in [6.45, 7) is 6.58. The van der Waals surface area contributed by atoms with Crippen molar-refractivity contribution in [3.8, 4) is 0 Å². The molecule has 0 radical (unpaired) electrons. The largest absolute Gasteiger partial charge is 0.457 e. The number of unbranched alkanes of at least 4 members (excludes halogenated alkanes) is 2. The maximum Gasteiger partial charge on any atom is 0.308 e. The highest BCUT2D eigenvalue weighted by Gasteiger charge is 2.76. The second-order valence-electron chi connectivity index (χ2n) is 14.0. The summed E-state index contributed by atoms with van der Waals surface area (Å²) < 4.78 is 11.5. The van der Waals surface area contributed by atoms with Gasteiger partial charge in [0, 0.05) is 36.1 Å². The number of ketones is 2. The zero-order valence-electron chi connectivity index (χ0n) is 28.1. The number of esters is 2. The molecular formula is C34H47ClN2O11. The lowest BCUT2D eigenvalue weighted by Gasteiger charge is -2.64. The summed E-state index contributed by atoms with van der Waals surface area (Å²) in [5.74, 6) is -3.24. The fraction of sp³-hybridized carbons (Fsp3) is 0.735. The number of rotatable bonds is 15. The number of nitrogens with zero attached hydrogens (tertiary/aromatic N) is 1. The first-order valence-electron chi connectivity index (χ1n) is 16.8. The van der Waals surface area contributed by atoms with Gasteiger partial charge < -0.3 is 24.7 Å². The van der Waals surface area contributed by atoms with E-state index in [0.29, 0.717) is 38.5 Å². The zero-order chi connectivity index (χ0) is 35.5. The maximum atomic E-state index is 14.2. The van der Waals surface area contributed by atoms with Crippen LogP contribution < -0.4 is 5.32 Å². The lowest BCUT2D eigenvalue weighted by atomic mass is 9.45. The topological polar surface area (TPSA) is 188 Å². The van der Waals surface area contributed by atoms with Gasteiger partial charge in [0.1, 0.15) is 0 Å². The SMILES string of the molecule is CCC(=O)O[C@@]1(C(=O)COC(=O)CCNC(=O)CCCCCO[N+](=O)[O-])[C@@H](C)C[C@H]2[C@@H]3CCC4=CC(=O)C=C[C@]4(C)[C@@]3(Cl)[C@@H](O)CC21C. The van der Waals surface area contributed by atoms with E-state index in [1.165, 1.54) is 6.08 Å².